The zero-order valence-electron chi connectivity index (χ0n) is 65.9. The van der Waals surface area contributed by atoms with Crippen molar-refractivity contribution < 1.29 is 81.5 Å². The van der Waals surface area contributed by atoms with Crippen LogP contribution in [0.3, 0.4) is 0 Å². The van der Waals surface area contributed by atoms with E-state index in [1.807, 2.05) is 36.4 Å². The predicted octanol–water partition coefficient (Wildman–Crippen LogP) is -0.716. The van der Waals surface area contributed by atoms with E-state index >= 15 is 14.4 Å². The third-order valence-electron chi connectivity index (χ3n) is 16.1. The summed E-state index contributed by atoms with van der Waals surface area (Å²) in [5.74, 6) is -18.6. The summed E-state index contributed by atoms with van der Waals surface area (Å²) in [4.78, 5) is 178. The van der Waals surface area contributed by atoms with Crippen LogP contribution in [0.4, 0.5) is 4.79 Å². The molecule has 102 heavy (non-hydrogen) atoms. The fraction of sp³-hybridized carbons (Fsp3) is 0.429. The second kappa shape index (κ2) is 39.7. The van der Waals surface area contributed by atoms with E-state index in [4.69, 9.17) is 44.1 Å². The molecule has 0 bridgehead atoms. The van der Waals surface area contributed by atoms with Crippen molar-refractivity contribution >= 4 is 99.3 Å². The van der Waals surface area contributed by atoms with Crippen molar-refractivity contribution in [3.8, 4) is 5.75 Å². The largest absolute Gasteiger partial charge is 0.508 e. The fourth-order valence-electron chi connectivity index (χ4n) is 10.9. The number of primary amides is 2. The number of fused-ring (bicyclic) bond motifs is 1. The lowest BCUT2D eigenvalue weighted by atomic mass is 9.99. The van der Waals surface area contributed by atoms with Gasteiger partial charge in [0.2, 0.25) is 65.0 Å². The van der Waals surface area contributed by atoms with Gasteiger partial charge in [0.1, 0.15) is 66.1 Å². The first kappa shape index (κ1) is 65.6. The van der Waals surface area contributed by atoms with Gasteiger partial charge in [-0.1, -0.05) is 98.1 Å². The number of phenolic OH excluding ortho intramolecular Hbond substituents is 1. The number of carbonyl (C=O) groups is 12. The van der Waals surface area contributed by atoms with Gasteiger partial charge in [0.25, 0.3) is 0 Å². The number of rotatable bonds is 38. The van der Waals surface area contributed by atoms with Gasteiger partial charge >= 0.3 is 6.03 Å². The Bertz CT molecular complexity index is 4220. The number of urea groups is 1. The van der Waals surface area contributed by atoms with Crippen LogP contribution in [0.15, 0.2) is 121 Å². The molecule has 548 valence electrons. The van der Waals surface area contributed by atoms with Crippen LogP contribution in [0.2, 0.25) is 5.02 Å². The van der Waals surface area contributed by atoms with Gasteiger partial charge in [-0.15, -0.1) is 0 Å². The number of pyridine rings is 1. The first-order valence-corrected chi connectivity index (χ1v) is 32.8. The third kappa shape index (κ3) is 26.0. The molecule has 1 fully saturated rings. The Hall–Kier alpha value is -10.9. The van der Waals surface area contributed by atoms with Gasteiger partial charge in [0, 0.05) is 82.0 Å². The number of aromatic hydroxyl groups is 1. The second-order valence-electron chi connectivity index (χ2n) is 24.0. The Morgan fingerprint density at radius 1 is 0.627 bits per heavy atom. The summed E-state index contributed by atoms with van der Waals surface area (Å²) in [6.07, 6.45) is -5.00. The third-order valence-corrected chi connectivity index (χ3v) is 16.3. The summed E-state index contributed by atoms with van der Waals surface area (Å²) in [5, 5.41) is 46.6. The number of amides is 13. The summed E-state index contributed by atoms with van der Waals surface area (Å²) in [5.41, 5.74) is 23.3. The van der Waals surface area contributed by atoms with Crippen LogP contribution >= 0.6 is 11.6 Å². The van der Waals surface area contributed by atoms with Crippen LogP contribution in [-0.2, 0) is 78.4 Å². The first-order chi connectivity index (χ1) is 52.5. The van der Waals surface area contributed by atoms with Crippen LogP contribution in [0.5, 0.6) is 5.75 Å². The van der Waals surface area contributed by atoms with Gasteiger partial charge in [-0.2, -0.15) is 0 Å². The lowest BCUT2D eigenvalue weighted by Gasteiger charge is -2.31. The monoisotopic (exact) mass is 1440 g/mol. The van der Waals surface area contributed by atoms with E-state index in [0.717, 1.165) is 15.7 Å². The van der Waals surface area contributed by atoms with Crippen LogP contribution in [0.25, 0.3) is 10.8 Å². The number of aliphatic hydroxyl groups is 1. The number of aliphatic imine (C=N–C) groups is 1. The predicted molar refractivity (Wildman–Crippen MR) is 378 cm³/mol. The molecule has 0 spiro atoms. The topological polar surface area (TPSA) is 498 Å². The minimum absolute atomic E-state index is 0.0365. The highest BCUT2D eigenvalue weighted by Gasteiger charge is 2.40. The Kier molecular flexibility index (Phi) is 25.6. The van der Waals surface area contributed by atoms with E-state index in [1.165, 1.54) is 68.7 Å². The lowest BCUT2D eigenvalue weighted by Crippen LogP contribution is -2.61. The number of halogens is 1. The summed E-state index contributed by atoms with van der Waals surface area (Å²) < 4.78 is 87.1. The normalized spacial score (nSPS) is 17.5. The molecule has 1 aliphatic heterocycles. The zero-order chi connectivity index (χ0) is 83.2. The molecular weight excluding hydrogens is 1340 g/mol. The standard InChI is InChI=1S/C70H92ClN17O14/c1-39(2)31-52(61(94)82-51(15-9-28-77-69(73)74)68(101)88-30-10-16-58(88)67(100)79-40(3)59(72)92)83-60(93)50(14-8-29-78-70(75)102)81-63(96)54(34-43-20-25-49(91)26-21-43)86-66(99)57(38-89)87-65(98)56(36-45-11-7-27-76-37-45)85-64(97)55(33-42-18-23-48(71)24-19-42)84-62(95)53(80-41(4)90)35-44-17-22-46-12-5-6-13-47(46)32-44/h5-7,11-13,17-27,32,37,39-40,50-58,89,91H,8-10,14-16,28-31,33-36,38H2,1-4H3,(H2,72,92)(H,79,100)(H,80,90)(H,81,96)(H,82,94)(H,83,93)(H,84,95)(H,85,97)(H,86,99)(H,87,98)(H4,73,74,77)(H3,75,78,102)/t40-,50-,51+,52-,53-,54+,55-,56-,57+,58-/m1/s1/i1D3,2D3,31D2,39D,52D. The Labute approximate surface area is 609 Å². The maximum Gasteiger partial charge on any atom is 0.312 e. The fourth-order valence-corrected chi connectivity index (χ4v) is 11.0. The Morgan fingerprint density at radius 2 is 1.16 bits per heavy atom. The molecule has 5 aromatic rings. The molecule has 1 saturated heterocycles. The number of hydrogen-bond acceptors (Lipinski definition) is 16. The number of aromatic nitrogens is 1. The number of nitrogens with zero attached hydrogens (tertiary/aromatic N) is 3. The van der Waals surface area contributed by atoms with Crippen molar-refractivity contribution in [2.24, 2.45) is 33.8 Å². The molecule has 10 atom stereocenters. The number of benzene rings is 4. The highest BCUT2D eigenvalue weighted by Crippen LogP contribution is 2.22. The molecule has 20 N–H and O–H groups in total. The average Bonchev–Trinajstić information content (AvgIpc) is 0.743. The van der Waals surface area contributed by atoms with Crippen molar-refractivity contribution in [1.29, 1.82) is 0 Å². The minimum Gasteiger partial charge on any atom is -0.508 e. The van der Waals surface area contributed by atoms with Crippen molar-refractivity contribution in [2.75, 3.05) is 26.2 Å². The number of phenols is 1. The first-order valence-electron chi connectivity index (χ1n) is 37.4. The number of carbonyl (C=O) groups excluding carboxylic acids is 12. The summed E-state index contributed by atoms with van der Waals surface area (Å²) in [6, 6.07) is 6.13. The molecule has 2 heterocycles. The molecule has 0 unspecified atom stereocenters. The van der Waals surface area contributed by atoms with Crippen molar-refractivity contribution in [2.45, 2.75) is 159 Å². The summed E-state index contributed by atoms with van der Waals surface area (Å²) in [6.45, 7) is -8.37. The molecule has 1 aromatic heterocycles. The van der Waals surface area contributed by atoms with E-state index < -0.39 is 202 Å². The molecule has 0 saturated carbocycles. The number of likely N-dealkylation sites (tertiary alicyclic amines) is 1. The SMILES string of the molecule is [2H]C([2H])([2H])C([2H])(C([2H])([2H])[2H])C([2H])([2H])[C@@]([2H])(NC(=O)[C@@H](CCCNC(N)=O)NC(=O)[C@H](Cc1ccc(O)cc1)NC(=O)[C@H](CO)NC(=O)[C@@H](Cc1cccnc1)NC(=O)[C@@H](Cc1ccc(Cl)cc1)NC(=O)[C@@H](Cc1ccc2ccccc2c1)NC(C)=O)C(=O)N[C@@H](CCCN=C(N)N)C(=O)N1CCC[C@@H]1C(=O)N[C@H](C)C(N)=O. The van der Waals surface area contributed by atoms with E-state index in [0.29, 0.717) is 21.7 Å². The molecule has 31 nitrogen and oxygen atoms in total. The highest BCUT2D eigenvalue weighted by molar-refractivity contribution is 6.30. The van der Waals surface area contributed by atoms with Gasteiger partial charge in [-0.3, -0.25) is 62.7 Å². The molecule has 0 radical (unpaired) electrons. The molecule has 1 aliphatic rings. The van der Waals surface area contributed by atoms with E-state index in [2.05, 4.69) is 57.8 Å². The molecule has 6 rings (SSSR count). The number of guanidine groups is 1. The second-order valence-corrected chi connectivity index (χ2v) is 24.4. The van der Waals surface area contributed by atoms with Crippen LogP contribution in [-0.4, -0.2) is 184 Å². The van der Waals surface area contributed by atoms with E-state index in [9.17, 15) is 57.5 Å². The lowest BCUT2D eigenvalue weighted by molar-refractivity contribution is -0.142. The maximum absolute atomic E-state index is 15.2. The summed E-state index contributed by atoms with van der Waals surface area (Å²) >= 11 is 6.21. The van der Waals surface area contributed by atoms with Crippen LogP contribution in [0, 0.1) is 5.89 Å². The minimum atomic E-state index is -4.67. The number of aliphatic hydroxyl groups excluding tert-OH is 1. The molecule has 13 amide bonds. The number of nitrogens with two attached hydrogens (primary N) is 4. The van der Waals surface area contributed by atoms with E-state index in [-0.39, 0.29) is 62.9 Å². The van der Waals surface area contributed by atoms with Gasteiger partial charge in [0.15, 0.2) is 5.96 Å². The Morgan fingerprint density at radius 3 is 1.73 bits per heavy atom. The van der Waals surface area contributed by atoms with Crippen LogP contribution in [0.1, 0.15) is 108 Å². The number of hydrogen-bond donors (Lipinski definition) is 16. The van der Waals surface area contributed by atoms with Gasteiger partial charge in [0.05, 0.1) is 7.98 Å². The van der Waals surface area contributed by atoms with Crippen molar-refractivity contribution in [3.05, 3.63) is 143 Å². The van der Waals surface area contributed by atoms with Gasteiger partial charge in [-0.05, 0) is 121 Å². The van der Waals surface area contributed by atoms with Crippen LogP contribution < -0.4 is 76.1 Å². The van der Waals surface area contributed by atoms with Crippen molar-refractivity contribution in [3.63, 3.8) is 0 Å². The van der Waals surface area contributed by atoms with Crippen molar-refractivity contribution in [1.82, 2.24) is 63.1 Å². The quantitative estimate of drug-likeness (QED) is 0.0132. The smallest absolute Gasteiger partial charge is 0.312 e. The van der Waals surface area contributed by atoms with Gasteiger partial charge < -0.3 is 91.2 Å². The molecule has 4 aromatic carbocycles. The Balaban J connectivity index is 1.37. The van der Waals surface area contributed by atoms with E-state index in [1.54, 1.807) is 29.6 Å². The highest BCUT2D eigenvalue weighted by atomic mass is 35.5. The molecular formula is C70H92ClN17O14. The van der Waals surface area contributed by atoms with Gasteiger partial charge in [-0.25, -0.2) is 4.79 Å². The molecule has 32 heteroatoms. The number of nitrogens with one attached hydrogen (secondary N) is 10. The zero-order valence-corrected chi connectivity index (χ0v) is 56.6. The molecule has 0 aliphatic carbocycles. The average molecular weight is 1440 g/mol. The maximum atomic E-state index is 15.2. The summed E-state index contributed by atoms with van der Waals surface area (Å²) in [7, 11) is 0.